The highest BCUT2D eigenvalue weighted by atomic mass is 15.0. The molecule has 0 bridgehead atoms. The topological polar surface area (TPSA) is 17.3 Å². The van der Waals surface area contributed by atoms with E-state index in [-0.39, 0.29) is 0 Å². The highest BCUT2D eigenvalue weighted by Gasteiger charge is 2.04. The molecule has 0 saturated heterocycles. The molecule has 2 aromatic heterocycles. The highest BCUT2D eigenvalue weighted by molar-refractivity contribution is 5.79. The van der Waals surface area contributed by atoms with Gasteiger partial charge in [-0.1, -0.05) is 38.7 Å². The maximum absolute atomic E-state index is 4.30. The molecule has 19 heavy (non-hydrogen) atoms. The summed E-state index contributed by atoms with van der Waals surface area (Å²) >= 11 is 0. The van der Waals surface area contributed by atoms with Gasteiger partial charge in [-0.2, -0.15) is 0 Å². The van der Waals surface area contributed by atoms with Crippen molar-refractivity contribution in [2.75, 3.05) is 0 Å². The molecular weight excluding hydrogens is 232 g/mol. The average molecular weight is 254 g/mol. The summed E-state index contributed by atoms with van der Waals surface area (Å²) in [4.78, 5) is 4.30. The Morgan fingerprint density at radius 3 is 2.68 bits per heavy atom. The Labute approximate surface area is 115 Å². The SMILES string of the molecule is C=C/C=C(C)/C(=C\C)c1ccn2ccnc2c1.CC. The lowest BCUT2D eigenvalue weighted by atomic mass is 9.99. The number of hydrogen-bond acceptors (Lipinski definition) is 1. The minimum atomic E-state index is 0.966. The van der Waals surface area contributed by atoms with Crippen molar-refractivity contribution >= 4 is 11.2 Å². The van der Waals surface area contributed by atoms with Gasteiger partial charge in [-0.25, -0.2) is 4.98 Å². The Hall–Kier alpha value is -2.09. The van der Waals surface area contributed by atoms with Crippen LogP contribution < -0.4 is 0 Å². The molecule has 2 rings (SSSR count). The monoisotopic (exact) mass is 254 g/mol. The second kappa shape index (κ2) is 7.37. The van der Waals surface area contributed by atoms with Crippen molar-refractivity contribution in [2.45, 2.75) is 27.7 Å². The molecule has 0 aromatic carbocycles. The molecule has 0 spiro atoms. The summed E-state index contributed by atoms with van der Waals surface area (Å²) in [5.41, 5.74) is 4.57. The molecule has 0 N–H and O–H groups in total. The first-order valence-corrected chi connectivity index (χ1v) is 6.65. The molecule has 0 fully saturated rings. The van der Waals surface area contributed by atoms with E-state index in [1.165, 1.54) is 16.7 Å². The molecule has 2 heterocycles. The quantitative estimate of drug-likeness (QED) is 0.712. The molecule has 0 aliphatic rings. The summed E-state index contributed by atoms with van der Waals surface area (Å²) in [5, 5.41) is 0. The Morgan fingerprint density at radius 2 is 2.05 bits per heavy atom. The molecule has 100 valence electrons. The number of hydrogen-bond donors (Lipinski definition) is 0. The molecule has 0 atom stereocenters. The number of fused-ring (bicyclic) bond motifs is 1. The van der Waals surface area contributed by atoms with Crippen LogP contribution in [0.5, 0.6) is 0 Å². The van der Waals surface area contributed by atoms with E-state index in [0.29, 0.717) is 0 Å². The van der Waals surface area contributed by atoms with Crippen molar-refractivity contribution < 1.29 is 0 Å². The third kappa shape index (κ3) is 3.44. The van der Waals surface area contributed by atoms with Crippen LogP contribution >= 0.6 is 0 Å². The Kier molecular flexibility index (Phi) is 5.80. The van der Waals surface area contributed by atoms with Crippen molar-refractivity contribution in [2.24, 2.45) is 0 Å². The largest absolute Gasteiger partial charge is 0.307 e. The van der Waals surface area contributed by atoms with Gasteiger partial charge in [0, 0.05) is 18.6 Å². The smallest absolute Gasteiger partial charge is 0.137 e. The fraction of sp³-hybridized carbons (Fsp3) is 0.235. The molecule has 0 aliphatic carbocycles. The number of imidazole rings is 1. The lowest BCUT2D eigenvalue weighted by Gasteiger charge is -2.08. The van der Waals surface area contributed by atoms with Gasteiger partial charge in [0.15, 0.2) is 0 Å². The van der Waals surface area contributed by atoms with Gasteiger partial charge in [-0.15, -0.1) is 0 Å². The standard InChI is InChI=1S/C15H16N2.C2H6/c1-4-6-12(3)14(5-2)13-7-9-17-10-8-16-15(17)11-13;1-2/h4-11H,1H2,2-3H3;1-2H3/b12-6+,14-5+;. The fourth-order valence-corrected chi connectivity index (χ4v) is 1.97. The molecule has 0 amide bonds. The normalized spacial score (nSPS) is 12.0. The van der Waals surface area contributed by atoms with E-state index in [1.54, 1.807) is 6.20 Å². The van der Waals surface area contributed by atoms with E-state index in [1.807, 2.05) is 49.7 Å². The van der Waals surface area contributed by atoms with Crippen LogP contribution in [-0.4, -0.2) is 9.38 Å². The van der Waals surface area contributed by atoms with Gasteiger partial charge in [0.1, 0.15) is 5.65 Å². The van der Waals surface area contributed by atoms with Crippen LogP contribution in [0.4, 0.5) is 0 Å². The zero-order valence-electron chi connectivity index (χ0n) is 12.2. The van der Waals surface area contributed by atoms with Crippen LogP contribution in [0.3, 0.4) is 0 Å². The number of allylic oxidation sites excluding steroid dienone is 5. The minimum Gasteiger partial charge on any atom is -0.307 e. The van der Waals surface area contributed by atoms with Gasteiger partial charge in [-0.3, -0.25) is 0 Å². The van der Waals surface area contributed by atoms with Crippen LogP contribution in [0.15, 0.2) is 61.1 Å². The maximum Gasteiger partial charge on any atom is 0.137 e. The van der Waals surface area contributed by atoms with E-state index in [2.05, 4.69) is 36.7 Å². The summed E-state index contributed by atoms with van der Waals surface area (Å²) in [6.45, 7) is 11.9. The first kappa shape index (κ1) is 15.0. The van der Waals surface area contributed by atoms with Crippen molar-refractivity contribution in [3.05, 3.63) is 66.7 Å². The third-order valence-electron chi connectivity index (χ3n) is 2.79. The van der Waals surface area contributed by atoms with Crippen LogP contribution in [0, 0.1) is 0 Å². The number of rotatable bonds is 3. The summed E-state index contributed by atoms with van der Waals surface area (Å²) in [6.07, 6.45) is 11.7. The second-order valence-electron chi connectivity index (χ2n) is 3.90. The number of pyridine rings is 1. The van der Waals surface area contributed by atoms with Crippen LogP contribution in [0.2, 0.25) is 0 Å². The van der Waals surface area contributed by atoms with E-state index in [0.717, 1.165) is 5.65 Å². The zero-order valence-corrected chi connectivity index (χ0v) is 12.2. The summed E-state index contributed by atoms with van der Waals surface area (Å²) < 4.78 is 2.00. The molecule has 0 unspecified atom stereocenters. The molecule has 2 aromatic rings. The van der Waals surface area contributed by atoms with Gasteiger partial charge in [-0.05, 0) is 42.7 Å². The lowest BCUT2D eigenvalue weighted by Crippen LogP contribution is -1.90. The van der Waals surface area contributed by atoms with Crippen LogP contribution in [-0.2, 0) is 0 Å². The van der Waals surface area contributed by atoms with Crippen LogP contribution in [0.1, 0.15) is 33.3 Å². The highest BCUT2D eigenvalue weighted by Crippen LogP contribution is 2.23. The Bertz CT molecular complexity index is 601. The molecule has 0 saturated carbocycles. The molecule has 2 nitrogen and oxygen atoms in total. The summed E-state index contributed by atoms with van der Waals surface area (Å²) in [5.74, 6) is 0. The van der Waals surface area contributed by atoms with Crippen molar-refractivity contribution in [1.82, 2.24) is 9.38 Å². The number of aromatic nitrogens is 2. The van der Waals surface area contributed by atoms with Gasteiger partial charge < -0.3 is 4.40 Å². The first-order chi connectivity index (χ1) is 9.26. The van der Waals surface area contributed by atoms with E-state index < -0.39 is 0 Å². The minimum absolute atomic E-state index is 0.966. The third-order valence-corrected chi connectivity index (χ3v) is 2.79. The molecular formula is C17H22N2. The predicted octanol–water partition coefficient (Wildman–Crippen LogP) is 4.90. The maximum atomic E-state index is 4.30. The predicted molar refractivity (Wildman–Crippen MR) is 84.1 cm³/mol. The lowest BCUT2D eigenvalue weighted by molar-refractivity contribution is 1.18. The number of nitrogens with zero attached hydrogens (tertiary/aromatic N) is 2. The van der Waals surface area contributed by atoms with Gasteiger partial charge >= 0.3 is 0 Å². The first-order valence-electron chi connectivity index (χ1n) is 6.65. The second-order valence-corrected chi connectivity index (χ2v) is 3.90. The summed E-state index contributed by atoms with van der Waals surface area (Å²) in [7, 11) is 0. The average Bonchev–Trinajstić information content (AvgIpc) is 2.90. The zero-order chi connectivity index (χ0) is 14.3. The van der Waals surface area contributed by atoms with Gasteiger partial charge in [0.2, 0.25) is 0 Å². The molecule has 0 aliphatic heterocycles. The van der Waals surface area contributed by atoms with E-state index in [4.69, 9.17) is 0 Å². The fourth-order valence-electron chi connectivity index (χ4n) is 1.97. The van der Waals surface area contributed by atoms with Gasteiger partial charge in [0.25, 0.3) is 0 Å². The van der Waals surface area contributed by atoms with Crippen LogP contribution in [0.25, 0.3) is 11.2 Å². The van der Waals surface area contributed by atoms with Crippen molar-refractivity contribution in [3.8, 4) is 0 Å². The van der Waals surface area contributed by atoms with E-state index >= 15 is 0 Å². The molecule has 0 radical (unpaired) electrons. The summed E-state index contributed by atoms with van der Waals surface area (Å²) in [6, 6.07) is 4.19. The molecule has 2 heteroatoms. The Balaban J connectivity index is 0.000000861. The van der Waals surface area contributed by atoms with Crippen molar-refractivity contribution in [1.29, 1.82) is 0 Å². The Morgan fingerprint density at radius 1 is 1.32 bits per heavy atom. The van der Waals surface area contributed by atoms with Crippen molar-refractivity contribution in [3.63, 3.8) is 0 Å². The van der Waals surface area contributed by atoms with Gasteiger partial charge in [0.05, 0.1) is 0 Å². The van der Waals surface area contributed by atoms with E-state index in [9.17, 15) is 0 Å².